The average Bonchev–Trinajstić information content (AvgIpc) is 3.17. The second kappa shape index (κ2) is 11.9. The molecule has 1 unspecified atom stereocenters. The van der Waals surface area contributed by atoms with E-state index in [-0.39, 0.29) is 17.7 Å². The van der Waals surface area contributed by atoms with E-state index in [1.165, 1.54) is 6.08 Å². The van der Waals surface area contributed by atoms with Gasteiger partial charge in [0.2, 0.25) is 5.91 Å². The van der Waals surface area contributed by atoms with Crippen molar-refractivity contribution >= 4 is 41.2 Å². The summed E-state index contributed by atoms with van der Waals surface area (Å²) in [6.45, 7) is 2.56. The van der Waals surface area contributed by atoms with E-state index in [0.29, 0.717) is 10.0 Å². The van der Waals surface area contributed by atoms with Crippen molar-refractivity contribution < 1.29 is 33.0 Å². The number of phenolic OH excluding ortho intramolecular Hbond substituents is 1. The van der Waals surface area contributed by atoms with Crippen molar-refractivity contribution in [2.24, 2.45) is 0 Å². The first-order chi connectivity index (χ1) is 15.4. The van der Waals surface area contributed by atoms with Crippen molar-refractivity contribution in [1.29, 1.82) is 0 Å². The molecule has 1 aliphatic rings. The first-order valence-corrected chi connectivity index (χ1v) is 10.4. The molecule has 178 valence electrons. The van der Waals surface area contributed by atoms with Gasteiger partial charge in [-0.2, -0.15) is 13.2 Å². The van der Waals surface area contributed by atoms with Gasteiger partial charge in [0.1, 0.15) is 5.75 Å². The van der Waals surface area contributed by atoms with E-state index >= 15 is 0 Å². The Morgan fingerprint density at radius 1 is 1.12 bits per heavy atom. The molecule has 11 heteroatoms. The minimum atomic E-state index is -5.08. The van der Waals surface area contributed by atoms with Crippen LogP contribution in [0.2, 0.25) is 10.0 Å². The number of halogens is 5. The number of benzene rings is 2. The van der Waals surface area contributed by atoms with E-state index in [0.717, 1.165) is 37.2 Å². The van der Waals surface area contributed by atoms with Crippen LogP contribution in [-0.4, -0.2) is 52.3 Å². The Balaban J connectivity index is 0.000000479. The third kappa shape index (κ3) is 9.33. The number of amides is 1. The Hall–Kier alpha value is -2.75. The van der Waals surface area contributed by atoms with Crippen molar-refractivity contribution in [1.82, 2.24) is 10.2 Å². The van der Waals surface area contributed by atoms with Gasteiger partial charge in [-0.1, -0.05) is 41.4 Å². The van der Waals surface area contributed by atoms with Gasteiger partial charge in [0.15, 0.2) is 0 Å². The summed E-state index contributed by atoms with van der Waals surface area (Å²) in [5, 5.41) is 20.5. The molecule has 1 atom stereocenters. The number of aliphatic carboxylic acids is 1. The molecular weight excluding hydrogens is 484 g/mol. The Morgan fingerprint density at radius 2 is 1.76 bits per heavy atom. The molecule has 33 heavy (non-hydrogen) atoms. The lowest BCUT2D eigenvalue weighted by molar-refractivity contribution is -0.192. The van der Waals surface area contributed by atoms with Crippen molar-refractivity contribution in [3.05, 3.63) is 69.7 Å². The number of carboxylic acid groups (broad SMARTS) is 1. The maximum Gasteiger partial charge on any atom is 0.490 e. The number of carbonyl (C=O) groups excluding carboxylic acids is 1. The zero-order chi connectivity index (χ0) is 24.6. The molecule has 1 heterocycles. The molecule has 2 aromatic carbocycles. The van der Waals surface area contributed by atoms with Crippen LogP contribution in [0.5, 0.6) is 5.75 Å². The fourth-order valence-electron chi connectivity index (χ4n) is 2.99. The summed E-state index contributed by atoms with van der Waals surface area (Å²) in [5.74, 6) is -2.60. The predicted molar refractivity (Wildman–Crippen MR) is 119 cm³/mol. The standard InChI is InChI=1S/C20H20Cl2N2O2.C2HF3O2/c21-18-7-3-14(11-19(18)22)4-8-20(26)23-16-9-10-24(13-16)12-15-1-5-17(25)6-2-15;3-2(4,5)1(6)7/h1-8,11,16,25H,9-10,12-13H2,(H,23,26);(H,6,7)/b8-4+;. The molecule has 1 aliphatic heterocycles. The second-order valence-corrected chi connectivity index (χ2v) is 8.02. The number of carbonyl (C=O) groups is 2. The number of nitrogens with one attached hydrogen (secondary N) is 1. The van der Waals surface area contributed by atoms with Crippen molar-refractivity contribution in [3.8, 4) is 5.75 Å². The number of hydrogen-bond acceptors (Lipinski definition) is 4. The summed E-state index contributed by atoms with van der Waals surface area (Å²) >= 11 is 11.9. The summed E-state index contributed by atoms with van der Waals surface area (Å²) in [6.07, 6.45) is -0.923. The summed E-state index contributed by atoms with van der Waals surface area (Å²) in [5.41, 5.74) is 1.98. The molecule has 0 spiro atoms. The molecule has 1 amide bonds. The van der Waals surface area contributed by atoms with E-state index in [2.05, 4.69) is 10.2 Å². The monoisotopic (exact) mass is 504 g/mol. The molecule has 2 aromatic rings. The molecule has 0 radical (unpaired) electrons. The number of nitrogens with zero attached hydrogens (tertiary/aromatic N) is 1. The van der Waals surface area contributed by atoms with Crippen LogP contribution in [0.25, 0.3) is 6.08 Å². The zero-order valence-electron chi connectivity index (χ0n) is 17.1. The number of hydrogen-bond donors (Lipinski definition) is 3. The number of carboxylic acids is 1. The molecule has 0 aromatic heterocycles. The van der Waals surface area contributed by atoms with Crippen LogP contribution in [0.15, 0.2) is 48.5 Å². The van der Waals surface area contributed by atoms with E-state index < -0.39 is 12.1 Å². The molecule has 0 saturated carbocycles. The SMILES string of the molecule is O=C(/C=C/c1ccc(Cl)c(Cl)c1)NC1CCN(Cc2ccc(O)cc2)C1.O=C(O)C(F)(F)F. The first kappa shape index (κ1) is 26.5. The third-order valence-corrected chi connectivity index (χ3v) is 5.31. The van der Waals surface area contributed by atoms with Crippen LogP contribution in [0.4, 0.5) is 13.2 Å². The lowest BCUT2D eigenvalue weighted by atomic mass is 10.2. The lowest BCUT2D eigenvalue weighted by Gasteiger charge is -2.16. The molecule has 0 bridgehead atoms. The smallest absolute Gasteiger partial charge is 0.490 e. The molecule has 6 nitrogen and oxygen atoms in total. The highest BCUT2D eigenvalue weighted by atomic mass is 35.5. The average molecular weight is 505 g/mol. The fourth-order valence-corrected chi connectivity index (χ4v) is 3.30. The highest BCUT2D eigenvalue weighted by molar-refractivity contribution is 6.42. The Bertz CT molecular complexity index is 998. The van der Waals surface area contributed by atoms with E-state index in [1.54, 1.807) is 30.3 Å². The van der Waals surface area contributed by atoms with Gasteiger partial charge in [0.05, 0.1) is 10.0 Å². The van der Waals surface area contributed by atoms with Crippen LogP contribution in [0.3, 0.4) is 0 Å². The minimum Gasteiger partial charge on any atom is -0.508 e. The Labute approximate surface area is 198 Å². The summed E-state index contributed by atoms with van der Waals surface area (Å²) in [7, 11) is 0. The highest BCUT2D eigenvalue weighted by Gasteiger charge is 2.38. The minimum absolute atomic E-state index is 0.118. The van der Waals surface area contributed by atoms with Gasteiger partial charge in [-0.25, -0.2) is 4.79 Å². The second-order valence-electron chi connectivity index (χ2n) is 7.21. The topological polar surface area (TPSA) is 89.9 Å². The lowest BCUT2D eigenvalue weighted by Crippen LogP contribution is -2.35. The van der Waals surface area contributed by atoms with Gasteiger partial charge < -0.3 is 15.5 Å². The van der Waals surface area contributed by atoms with Crippen molar-refractivity contribution in [3.63, 3.8) is 0 Å². The van der Waals surface area contributed by atoms with Gasteiger partial charge in [0, 0.05) is 31.8 Å². The van der Waals surface area contributed by atoms with Crippen LogP contribution in [0, 0.1) is 0 Å². The quantitative estimate of drug-likeness (QED) is 0.512. The van der Waals surface area contributed by atoms with Crippen LogP contribution < -0.4 is 5.32 Å². The number of alkyl halides is 3. The molecule has 1 saturated heterocycles. The van der Waals surface area contributed by atoms with Crippen LogP contribution in [-0.2, 0) is 16.1 Å². The molecular formula is C22H21Cl2F3N2O4. The van der Waals surface area contributed by atoms with E-state index in [1.807, 2.05) is 18.2 Å². The Kier molecular flexibility index (Phi) is 9.57. The van der Waals surface area contributed by atoms with Gasteiger partial charge in [-0.15, -0.1) is 0 Å². The van der Waals surface area contributed by atoms with E-state index in [9.17, 15) is 23.1 Å². The highest BCUT2D eigenvalue weighted by Crippen LogP contribution is 2.23. The number of likely N-dealkylation sites (tertiary alicyclic amines) is 1. The maximum atomic E-state index is 12.1. The van der Waals surface area contributed by atoms with Crippen LogP contribution in [0.1, 0.15) is 17.5 Å². The maximum absolute atomic E-state index is 12.1. The van der Waals surface area contributed by atoms with Gasteiger partial charge >= 0.3 is 12.1 Å². The Morgan fingerprint density at radius 3 is 2.33 bits per heavy atom. The predicted octanol–water partition coefficient (Wildman–Crippen LogP) is 4.74. The normalized spacial score (nSPS) is 16.3. The molecule has 0 aliphatic carbocycles. The molecule has 1 fully saturated rings. The van der Waals surface area contributed by atoms with Crippen molar-refractivity contribution in [2.75, 3.05) is 13.1 Å². The number of aromatic hydroxyl groups is 1. The van der Waals surface area contributed by atoms with Crippen molar-refractivity contribution in [2.45, 2.75) is 25.2 Å². The van der Waals surface area contributed by atoms with Gasteiger partial charge in [-0.3, -0.25) is 9.69 Å². The largest absolute Gasteiger partial charge is 0.508 e. The zero-order valence-corrected chi connectivity index (χ0v) is 18.7. The molecule has 3 N–H and O–H groups in total. The van der Waals surface area contributed by atoms with Gasteiger partial charge in [0.25, 0.3) is 0 Å². The van der Waals surface area contributed by atoms with Gasteiger partial charge in [-0.05, 0) is 47.9 Å². The number of rotatable bonds is 5. The van der Waals surface area contributed by atoms with Crippen LogP contribution >= 0.6 is 23.2 Å². The first-order valence-electron chi connectivity index (χ1n) is 9.68. The fraction of sp³-hybridized carbons (Fsp3) is 0.273. The van der Waals surface area contributed by atoms with E-state index in [4.69, 9.17) is 33.1 Å². The number of phenols is 1. The summed E-state index contributed by atoms with van der Waals surface area (Å²) in [6, 6.07) is 12.6. The summed E-state index contributed by atoms with van der Waals surface area (Å²) in [4.78, 5) is 23.3. The summed E-state index contributed by atoms with van der Waals surface area (Å²) < 4.78 is 31.7. The third-order valence-electron chi connectivity index (χ3n) is 4.57. The molecule has 3 rings (SSSR count).